The molecule has 0 atom stereocenters. The first kappa shape index (κ1) is 23.0. The molecule has 0 saturated carbocycles. The lowest BCUT2D eigenvalue weighted by molar-refractivity contribution is 0.0954. The molecule has 166 valence electrons. The number of hydrogen-bond acceptors (Lipinski definition) is 5. The maximum Gasteiger partial charge on any atom is 0.271 e. The Kier molecular flexibility index (Phi) is 7.12. The maximum absolute atomic E-state index is 12.8. The van der Waals surface area contributed by atoms with Crippen molar-refractivity contribution in [3.8, 4) is 0 Å². The molecular weight excluding hydrogens is 412 g/mol. The lowest BCUT2D eigenvalue weighted by atomic mass is 10.1. The summed E-state index contributed by atoms with van der Waals surface area (Å²) in [6.07, 6.45) is 1.62. The van der Waals surface area contributed by atoms with Crippen molar-refractivity contribution in [2.45, 2.75) is 51.5 Å². The molecule has 0 aliphatic carbocycles. The van der Waals surface area contributed by atoms with Crippen LogP contribution in [0.1, 0.15) is 48.2 Å². The third-order valence-corrected chi connectivity index (χ3v) is 6.82. The lowest BCUT2D eigenvalue weighted by Crippen LogP contribution is -2.39. The average Bonchev–Trinajstić information content (AvgIpc) is 2.74. The van der Waals surface area contributed by atoms with E-state index in [4.69, 9.17) is 0 Å². The van der Waals surface area contributed by atoms with Gasteiger partial charge in [0.05, 0.1) is 10.6 Å². The minimum atomic E-state index is -3.83. The number of carbonyl (C=O) groups is 1. The molecule has 2 aromatic carbocycles. The largest absolute Gasteiger partial charge is 0.300 e. The van der Waals surface area contributed by atoms with Gasteiger partial charge in [-0.15, -0.1) is 0 Å². The fraction of sp³-hybridized carbons (Fsp3) is 0.391. The Morgan fingerprint density at radius 3 is 2.42 bits per heavy atom. The van der Waals surface area contributed by atoms with E-state index in [-0.39, 0.29) is 10.5 Å². The Hall–Kier alpha value is -2.71. The first-order chi connectivity index (χ1) is 14.7. The zero-order valence-corrected chi connectivity index (χ0v) is 19.3. The molecule has 1 saturated heterocycles. The van der Waals surface area contributed by atoms with E-state index in [1.807, 2.05) is 26.0 Å². The van der Waals surface area contributed by atoms with Crippen LogP contribution < -0.4 is 10.1 Å². The summed E-state index contributed by atoms with van der Waals surface area (Å²) in [5, 5.41) is 4.26. The van der Waals surface area contributed by atoms with E-state index < -0.39 is 15.9 Å². The minimum absolute atomic E-state index is 0.0259. The number of piperidine rings is 1. The molecule has 2 aromatic rings. The maximum atomic E-state index is 12.8. The molecule has 0 radical (unpaired) electrons. The number of anilines is 1. The zero-order chi connectivity index (χ0) is 22.6. The molecule has 2 N–H and O–H groups in total. The molecule has 0 bridgehead atoms. The van der Waals surface area contributed by atoms with Crippen molar-refractivity contribution in [2.24, 2.45) is 5.10 Å². The normalized spacial score (nSPS) is 15.1. The molecule has 1 heterocycles. The summed E-state index contributed by atoms with van der Waals surface area (Å²) in [6.45, 7) is 9.97. The van der Waals surface area contributed by atoms with Crippen LogP contribution in [0.4, 0.5) is 5.69 Å². The fourth-order valence-corrected chi connectivity index (χ4v) is 4.72. The predicted molar refractivity (Wildman–Crippen MR) is 124 cm³/mol. The van der Waals surface area contributed by atoms with Crippen LogP contribution in [0.3, 0.4) is 0 Å². The summed E-state index contributed by atoms with van der Waals surface area (Å²) in [5.74, 6) is -0.428. The Balaban J connectivity index is 1.69. The molecular formula is C23H30N4O3S. The van der Waals surface area contributed by atoms with Gasteiger partial charge in [-0.3, -0.25) is 9.52 Å². The summed E-state index contributed by atoms with van der Waals surface area (Å²) in [6, 6.07) is 12.0. The van der Waals surface area contributed by atoms with E-state index in [1.165, 1.54) is 12.1 Å². The highest BCUT2D eigenvalue weighted by molar-refractivity contribution is 7.92. The van der Waals surface area contributed by atoms with Gasteiger partial charge in [-0.1, -0.05) is 23.8 Å². The molecule has 3 rings (SSSR count). The molecule has 1 aliphatic heterocycles. The smallest absolute Gasteiger partial charge is 0.271 e. The van der Waals surface area contributed by atoms with E-state index >= 15 is 0 Å². The molecule has 7 nitrogen and oxygen atoms in total. The van der Waals surface area contributed by atoms with E-state index in [1.54, 1.807) is 18.2 Å². The van der Waals surface area contributed by atoms with Crippen LogP contribution in [0.5, 0.6) is 0 Å². The van der Waals surface area contributed by atoms with Gasteiger partial charge in [-0.05, 0) is 57.5 Å². The highest BCUT2D eigenvalue weighted by Gasteiger charge is 2.19. The second kappa shape index (κ2) is 9.62. The summed E-state index contributed by atoms with van der Waals surface area (Å²) in [5.41, 5.74) is 6.16. The van der Waals surface area contributed by atoms with Crippen LogP contribution >= 0.6 is 0 Å². The van der Waals surface area contributed by atoms with Crippen LogP contribution in [0, 0.1) is 13.8 Å². The van der Waals surface area contributed by atoms with Crippen LogP contribution in [-0.4, -0.2) is 44.1 Å². The zero-order valence-electron chi connectivity index (χ0n) is 18.5. The average molecular weight is 443 g/mol. The Bertz CT molecular complexity index is 1080. The fourth-order valence-electron chi connectivity index (χ4n) is 3.54. The van der Waals surface area contributed by atoms with Crippen LogP contribution in [-0.2, 0) is 10.0 Å². The quantitative estimate of drug-likeness (QED) is 0.668. The Labute approximate surface area is 184 Å². The van der Waals surface area contributed by atoms with Gasteiger partial charge in [0.15, 0.2) is 0 Å². The van der Waals surface area contributed by atoms with Gasteiger partial charge >= 0.3 is 0 Å². The lowest BCUT2D eigenvalue weighted by Gasteiger charge is -2.30. The molecule has 1 fully saturated rings. The summed E-state index contributed by atoms with van der Waals surface area (Å²) >= 11 is 0. The summed E-state index contributed by atoms with van der Waals surface area (Å²) in [7, 11) is -3.83. The van der Waals surface area contributed by atoms with Crippen molar-refractivity contribution in [1.82, 2.24) is 10.3 Å². The van der Waals surface area contributed by atoms with Crippen LogP contribution in [0.2, 0.25) is 0 Å². The van der Waals surface area contributed by atoms with Crippen molar-refractivity contribution >= 4 is 27.3 Å². The number of hydrazone groups is 1. The van der Waals surface area contributed by atoms with Gasteiger partial charge in [0, 0.05) is 43.2 Å². The Morgan fingerprint density at radius 2 is 1.77 bits per heavy atom. The number of carbonyl (C=O) groups excluding carboxylic acids is 1. The second-order valence-electron chi connectivity index (χ2n) is 8.20. The number of benzene rings is 2. The highest BCUT2D eigenvalue weighted by Crippen LogP contribution is 2.21. The van der Waals surface area contributed by atoms with Gasteiger partial charge in [0.25, 0.3) is 15.9 Å². The van der Waals surface area contributed by atoms with E-state index in [0.29, 0.717) is 11.7 Å². The first-order valence-electron chi connectivity index (χ1n) is 10.5. The van der Waals surface area contributed by atoms with Crippen molar-refractivity contribution in [2.75, 3.05) is 17.8 Å². The molecule has 1 amide bonds. The number of rotatable bonds is 6. The summed E-state index contributed by atoms with van der Waals surface area (Å²) in [4.78, 5) is 14.9. The standard InChI is InChI=1S/C23H30N4O3S/c1-16(2)27-12-10-20(11-13-27)24-25-23(28)19-6-5-7-21(15-19)31(29,30)26-22-9-8-17(3)14-18(22)4/h5-9,14-16,26H,10-13H2,1-4H3,(H,25,28). The third kappa shape index (κ3) is 5.92. The number of likely N-dealkylation sites (tertiary alicyclic amines) is 1. The Morgan fingerprint density at radius 1 is 1.06 bits per heavy atom. The minimum Gasteiger partial charge on any atom is -0.300 e. The number of aryl methyl sites for hydroxylation is 2. The SMILES string of the molecule is Cc1ccc(NS(=O)(=O)c2cccc(C(=O)NN=C3CCN(C(C)C)CC3)c2)c(C)c1. The molecule has 31 heavy (non-hydrogen) atoms. The first-order valence-corrected chi connectivity index (χ1v) is 11.9. The number of hydrogen-bond donors (Lipinski definition) is 2. The number of amides is 1. The molecule has 0 spiro atoms. The molecule has 8 heteroatoms. The van der Waals surface area contributed by atoms with Crippen molar-refractivity contribution in [1.29, 1.82) is 0 Å². The van der Waals surface area contributed by atoms with Gasteiger partial charge < -0.3 is 4.90 Å². The highest BCUT2D eigenvalue weighted by atomic mass is 32.2. The topological polar surface area (TPSA) is 90.9 Å². The van der Waals surface area contributed by atoms with E-state index in [9.17, 15) is 13.2 Å². The summed E-state index contributed by atoms with van der Waals surface area (Å²) < 4.78 is 28.3. The number of nitrogens with zero attached hydrogens (tertiary/aromatic N) is 2. The third-order valence-electron chi connectivity index (χ3n) is 5.45. The number of sulfonamides is 1. The van der Waals surface area contributed by atoms with Crippen LogP contribution in [0.25, 0.3) is 0 Å². The second-order valence-corrected chi connectivity index (χ2v) is 9.88. The number of nitrogens with one attached hydrogen (secondary N) is 2. The predicted octanol–water partition coefficient (Wildman–Crippen LogP) is 3.69. The van der Waals surface area contributed by atoms with Crippen molar-refractivity contribution < 1.29 is 13.2 Å². The van der Waals surface area contributed by atoms with E-state index in [2.05, 4.69) is 34.0 Å². The van der Waals surface area contributed by atoms with Gasteiger partial charge in [0.1, 0.15) is 0 Å². The van der Waals surface area contributed by atoms with Crippen molar-refractivity contribution in [3.05, 3.63) is 59.2 Å². The van der Waals surface area contributed by atoms with Gasteiger partial charge in [0.2, 0.25) is 0 Å². The molecule has 0 aromatic heterocycles. The van der Waals surface area contributed by atoms with Crippen LogP contribution in [0.15, 0.2) is 52.5 Å². The molecule has 1 aliphatic rings. The monoisotopic (exact) mass is 442 g/mol. The van der Waals surface area contributed by atoms with E-state index in [0.717, 1.165) is 42.8 Å². The van der Waals surface area contributed by atoms with Crippen molar-refractivity contribution in [3.63, 3.8) is 0 Å². The molecule has 0 unspecified atom stereocenters. The van der Waals surface area contributed by atoms with Gasteiger partial charge in [-0.2, -0.15) is 5.10 Å². The van der Waals surface area contributed by atoms with Gasteiger partial charge in [-0.25, -0.2) is 13.8 Å².